The molecule has 3 aromatic rings. The van der Waals surface area contributed by atoms with Crippen molar-refractivity contribution in [2.45, 2.75) is 32.2 Å². The third-order valence-electron chi connectivity index (χ3n) is 5.41. The van der Waals surface area contributed by atoms with Gasteiger partial charge in [0.25, 0.3) is 0 Å². The lowest BCUT2D eigenvalue weighted by Gasteiger charge is -2.31. The second-order valence-corrected chi connectivity index (χ2v) is 7.46. The zero-order valence-electron chi connectivity index (χ0n) is 16.2. The molecular weight excluding hydrogens is 348 g/mol. The summed E-state index contributed by atoms with van der Waals surface area (Å²) in [5.41, 5.74) is 4.69. The van der Waals surface area contributed by atoms with Gasteiger partial charge in [0, 0.05) is 25.8 Å². The first-order chi connectivity index (χ1) is 13.7. The van der Waals surface area contributed by atoms with Gasteiger partial charge in [0.05, 0.1) is 11.9 Å². The number of hydrogen-bond donors (Lipinski definition) is 1. The molecular formula is C23H26N4O. The molecule has 1 fully saturated rings. The average Bonchev–Trinajstić information content (AvgIpc) is 3.23. The van der Waals surface area contributed by atoms with Crippen molar-refractivity contribution in [3.8, 4) is 5.69 Å². The summed E-state index contributed by atoms with van der Waals surface area (Å²) >= 11 is 0. The van der Waals surface area contributed by atoms with Crippen LogP contribution in [-0.4, -0.2) is 33.8 Å². The summed E-state index contributed by atoms with van der Waals surface area (Å²) in [4.78, 5) is 14.4. The first kappa shape index (κ1) is 18.3. The predicted octanol–water partition coefficient (Wildman–Crippen LogP) is 4.27. The number of likely N-dealkylation sites (tertiary alicyclic amines) is 1. The summed E-state index contributed by atoms with van der Waals surface area (Å²) in [6, 6.07) is 18.4. The van der Waals surface area contributed by atoms with E-state index in [1.807, 2.05) is 46.1 Å². The van der Waals surface area contributed by atoms with Crippen molar-refractivity contribution in [3.63, 3.8) is 0 Å². The van der Waals surface area contributed by atoms with Gasteiger partial charge in [-0.1, -0.05) is 42.5 Å². The Hall–Kier alpha value is -3.08. The minimum absolute atomic E-state index is 0.0257. The molecule has 0 radical (unpaired) electrons. The Morgan fingerprint density at radius 1 is 1.11 bits per heavy atom. The standard InChI is InChI=1S/C23H26N4O/c1-18-6-5-9-22(14-18)27-17-21(16-25-27)20-10-12-26(13-11-20)23(28)24-15-19-7-3-2-4-8-19/h2-9,14,16-17,20H,10-13,15H2,1H3,(H,24,28). The lowest BCUT2D eigenvalue weighted by Crippen LogP contribution is -2.43. The van der Waals surface area contributed by atoms with Crippen LogP contribution in [0.5, 0.6) is 0 Å². The van der Waals surface area contributed by atoms with Crippen LogP contribution >= 0.6 is 0 Å². The predicted molar refractivity (Wildman–Crippen MR) is 111 cm³/mol. The van der Waals surface area contributed by atoms with Gasteiger partial charge in [0.1, 0.15) is 0 Å². The van der Waals surface area contributed by atoms with Crippen LogP contribution in [-0.2, 0) is 6.54 Å². The molecule has 1 aromatic heterocycles. The summed E-state index contributed by atoms with van der Waals surface area (Å²) in [5.74, 6) is 0.455. The van der Waals surface area contributed by atoms with Gasteiger partial charge in [-0.25, -0.2) is 9.48 Å². The van der Waals surface area contributed by atoms with Crippen molar-refractivity contribution in [1.82, 2.24) is 20.0 Å². The summed E-state index contributed by atoms with van der Waals surface area (Å²) in [5, 5.41) is 7.57. The van der Waals surface area contributed by atoms with Gasteiger partial charge in [-0.2, -0.15) is 5.10 Å². The molecule has 4 rings (SSSR count). The van der Waals surface area contributed by atoms with E-state index >= 15 is 0 Å². The van der Waals surface area contributed by atoms with E-state index in [-0.39, 0.29) is 6.03 Å². The topological polar surface area (TPSA) is 50.2 Å². The molecule has 2 amide bonds. The maximum absolute atomic E-state index is 12.4. The Morgan fingerprint density at radius 2 is 1.89 bits per heavy atom. The smallest absolute Gasteiger partial charge is 0.317 e. The minimum atomic E-state index is 0.0257. The van der Waals surface area contributed by atoms with Crippen LogP contribution in [0, 0.1) is 6.92 Å². The molecule has 1 aliphatic rings. The van der Waals surface area contributed by atoms with E-state index in [9.17, 15) is 4.79 Å². The van der Waals surface area contributed by atoms with E-state index in [2.05, 4.69) is 47.8 Å². The van der Waals surface area contributed by atoms with Gasteiger partial charge in [-0.15, -0.1) is 0 Å². The van der Waals surface area contributed by atoms with Crippen molar-refractivity contribution in [3.05, 3.63) is 83.7 Å². The molecule has 2 heterocycles. The molecule has 0 unspecified atom stereocenters. The highest BCUT2D eigenvalue weighted by atomic mass is 16.2. The van der Waals surface area contributed by atoms with Gasteiger partial charge in [-0.05, 0) is 54.5 Å². The maximum atomic E-state index is 12.4. The molecule has 0 saturated carbocycles. The van der Waals surface area contributed by atoms with Crippen molar-refractivity contribution in [2.75, 3.05) is 13.1 Å². The molecule has 144 valence electrons. The molecule has 0 aliphatic carbocycles. The first-order valence-electron chi connectivity index (χ1n) is 9.87. The number of hydrogen-bond acceptors (Lipinski definition) is 2. The summed E-state index contributed by atoms with van der Waals surface area (Å²) in [7, 11) is 0. The Morgan fingerprint density at radius 3 is 2.64 bits per heavy atom. The largest absolute Gasteiger partial charge is 0.334 e. The third-order valence-corrected chi connectivity index (χ3v) is 5.41. The maximum Gasteiger partial charge on any atom is 0.317 e. The van der Waals surface area contributed by atoms with E-state index < -0.39 is 0 Å². The quantitative estimate of drug-likeness (QED) is 0.741. The summed E-state index contributed by atoms with van der Waals surface area (Å²) < 4.78 is 1.95. The molecule has 0 spiro atoms. The number of amides is 2. The normalized spacial score (nSPS) is 14.8. The fourth-order valence-corrected chi connectivity index (χ4v) is 3.76. The van der Waals surface area contributed by atoms with Crippen molar-refractivity contribution < 1.29 is 4.79 Å². The zero-order chi connectivity index (χ0) is 19.3. The molecule has 5 nitrogen and oxygen atoms in total. The molecule has 1 N–H and O–H groups in total. The zero-order valence-corrected chi connectivity index (χ0v) is 16.2. The fourth-order valence-electron chi connectivity index (χ4n) is 3.76. The summed E-state index contributed by atoms with van der Waals surface area (Å²) in [6.07, 6.45) is 6.04. The van der Waals surface area contributed by atoms with Crippen LogP contribution in [0.2, 0.25) is 0 Å². The number of carbonyl (C=O) groups excluding carboxylic acids is 1. The Balaban J connectivity index is 1.31. The number of benzene rings is 2. The van der Waals surface area contributed by atoms with E-state index in [0.29, 0.717) is 12.5 Å². The monoisotopic (exact) mass is 374 g/mol. The number of nitrogens with zero attached hydrogens (tertiary/aromatic N) is 3. The molecule has 2 aromatic carbocycles. The highest BCUT2D eigenvalue weighted by Gasteiger charge is 2.24. The van der Waals surface area contributed by atoms with Crippen LogP contribution < -0.4 is 5.32 Å². The molecule has 0 atom stereocenters. The van der Waals surface area contributed by atoms with Crippen molar-refractivity contribution in [2.24, 2.45) is 0 Å². The number of rotatable bonds is 4. The third kappa shape index (κ3) is 4.25. The Labute approximate surface area is 166 Å². The van der Waals surface area contributed by atoms with Crippen LogP contribution in [0.15, 0.2) is 67.0 Å². The van der Waals surface area contributed by atoms with Crippen LogP contribution in [0.3, 0.4) is 0 Å². The molecule has 28 heavy (non-hydrogen) atoms. The van der Waals surface area contributed by atoms with Gasteiger partial charge in [0.15, 0.2) is 0 Å². The van der Waals surface area contributed by atoms with E-state index in [1.165, 1.54) is 11.1 Å². The van der Waals surface area contributed by atoms with Gasteiger partial charge in [-0.3, -0.25) is 0 Å². The van der Waals surface area contributed by atoms with Crippen LogP contribution in [0.25, 0.3) is 5.69 Å². The molecule has 5 heteroatoms. The van der Waals surface area contributed by atoms with Crippen molar-refractivity contribution in [1.29, 1.82) is 0 Å². The van der Waals surface area contributed by atoms with E-state index in [1.54, 1.807) is 0 Å². The number of nitrogens with one attached hydrogen (secondary N) is 1. The van der Waals surface area contributed by atoms with E-state index in [0.717, 1.165) is 37.2 Å². The van der Waals surface area contributed by atoms with Crippen LogP contribution in [0.4, 0.5) is 4.79 Å². The molecule has 0 bridgehead atoms. The minimum Gasteiger partial charge on any atom is -0.334 e. The molecule has 1 saturated heterocycles. The van der Waals surface area contributed by atoms with Gasteiger partial charge in [0.2, 0.25) is 0 Å². The average molecular weight is 374 g/mol. The number of carbonyl (C=O) groups is 1. The van der Waals surface area contributed by atoms with Gasteiger partial charge < -0.3 is 10.2 Å². The first-order valence-corrected chi connectivity index (χ1v) is 9.87. The number of aromatic nitrogens is 2. The Bertz CT molecular complexity index is 927. The highest BCUT2D eigenvalue weighted by molar-refractivity contribution is 5.74. The number of urea groups is 1. The SMILES string of the molecule is Cc1cccc(-n2cc(C3CCN(C(=O)NCc4ccccc4)CC3)cn2)c1. The molecule has 1 aliphatic heterocycles. The Kier molecular flexibility index (Phi) is 5.42. The van der Waals surface area contributed by atoms with Crippen molar-refractivity contribution >= 4 is 6.03 Å². The fraction of sp³-hybridized carbons (Fsp3) is 0.304. The summed E-state index contributed by atoms with van der Waals surface area (Å²) in [6.45, 7) is 4.22. The second kappa shape index (κ2) is 8.30. The lowest BCUT2D eigenvalue weighted by atomic mass is 9.92. The number of aryl methyl sites for hydroxylation is 1. The second-order valence-electron chi connectivity index (χ2n) is 7.46. The van der Waals surface area contributed by atoms with Gasteiger partial charge >= 0.3 is 6.03 Å². The van der Waals surface area contributed by atoms with Crippen LogP contribution in [0.1, 0.15) is 35.4 Å². The highest BCUT2D eigenvalue weighted by Crippen LogP contribution is 2.28. The lowest BCUT2D eigenvalue weighted by molar-refractivity contribution is 0.181. The van der Waals surface area contributed by atoms with E-state index in [4.69, 9.17) is 0 Å². The number of piperidine rings is 1.